The molecule has 0 spiro atoms. The maximum Gasteiger partial charge on any atom is 0.303 e. The van der Waals surface area contributed by atoms with Crippen molar-refractivity contribution in [1.82, 2.24) is 0 Å². The second kappa shape index (κ2) is 5.27. The Hall–Kier alpha value is -0.530. The lowest BCUT2D eigenvalue weighted by Crippen LogP contribution is -2.03. The molecule has 0 aromatic carbocycles. The van der Waals surface area contributed by atoms with E-state index in [-0.39, 0.29) is 6.42 Å². The third-order valence-corrected chi connectivity index (χ3v) is 1.33. The first-order valence-electron chi connectivity index (χ1n) is 5.09. The molecule has 0 heterocycles. The highest BCUT2D eigenvalue weighted by Crippen LogP contribution is 2.10. The minimum atomic E-state index is -2.13. The lowest BCUT2D eigenvalue weighted by molar-refractivity contribution is -0.138. The van der Waals surface area contributed by atoms with E-state index in [1.165, 1.54) is 0 Å². The fraction of sp³-hybridized carbons (Fsp3) is 0.875. The molecule has 0 aromatic rings. The van der Waals surface area contributed by atoms with Gasteiger partial charge in [0, 0.05) is 10.5 Å². The van der Waals surface area contributed by atoms with Gasteiger partial charge in [-0.1, -0.05) is 33.0 Å². The first-order chi connectivity index (χ1) is 5.88. The van der Waals surface area contributed by atoms with E-state index in [4.69, 9.17) is 9.22 Å². The number of aliphatic carboxylic acids is 1. The maximum absolute atomic E-state index is 10.4. The highest BCUT2D eigenvalue weighted by Gasteiger charge is 2.05. The van der Waals surface area contributed by atoms with Crippen LogP contribution in [0.5, 0.6) is 0 Å². The van der Waals surface area contributed by atoms with Crippen molar-refractivity contribution in [2.75, 3.05) is 0 Å². The third-order valence-electron chi connectivity index (χ3n) is 1.33. The Morgan fingerprint density at radius 2 is 2.50 bits per heavy atom. The molecule has 0 unspecified atom stereocenters. The molecule has 0 fully saturated rings. The van der Waals surface area contributed by atoms with Crippen LogP contribution in [0.4, 0.5) is 0 Å². The zero-order chi connectivity index (χ0) is 10.5. The van der Waals surface area contributed by atoms with Crippen molar-refractivity contribution < 1.29 is 14.0 Å². The van der Waals surface area contributed by atoms with Crippen molar-refractivity contribution >= 4 is 5.97 Å². The predicted octanol–water partition coefficient (Wildman–Crippen LogP) is 2.29. The second-order valence-corrected chi connectivity index (χ2v) is 2.44. The van der Waals surface area contributed by atoms with Gasteiger partial charge in [-0.15, -0.1) is 0 Å². The summed E-state index contributed by atoms with van der Waals surface area (Å²) in [7, 11) is 0. The molecule has 0 amide bonds. The molecular formula is C8H16O2. The number of rotatable bonds is 5. The minimum Gasteiger partial charge on any atom is -0.481 e. The molecule has 0 saturated carbocycles. The van der Waals surface area contributed by atoms with Gasteiger partial charge in [0.05, 0.1) is 0 Å². The van der Waals surface area contributed by atoms with E-state index in [2.05, 4.69) is 0 Å². The van der Waals surface area contributed by atoms with E-state index in [9.17, 15) is 4.79 Å². The van der Waals surface area contributed by atoms with Crippen molar-refractivity contribution in [3.63, 3.8) is 0 Å². The molecule has 1 atom stereocenters. The zero-order valence-electron chi connectivity index (χ0n) is 9.26. The first kappa shape index (κ1) is 5.16. The molecule has 60 valence electrons. The molecule has 10 heavy (non-hydrogen) atoms. The summed E-state index contributed by atoms with van der Waals surface area (Å²) in [6.07, 6.45) is 1.89. The number of carbonyl (C=O) groups is 1. The van der Waals surface area contributed by atoms with Crippen LogP contribution >= 0.6 is 0 Å². The summed E-state index contributed by atoms with van der Waals surface area (Å²) < 4.78 is 21.4. The van der Waals surface area contributed by atoms with Crippen LogP contribution in [0.3, 0.4) is 0 Å². The van der Waals surface area contributed by atoms with Crippen molar-refractivity contribution in [3.8, 4) is 0 Å². The van der Waals surface area contributed by atoms with E-state index in [0.29, 0.717) is 6.42 Å². The van der Waals surface area contributed by atoms with E-state index < -0.39 is 18.7 Å². The average Bonchev–Trinajstić information content (AvgIpc) is 1.95. The number of hydrogen-bond donors (Lipinski definition) is 1. The van der Waals surface area contributed by atoms with E-state index in [1.807, 2.05) is 6.92 Å². The van der Waals surface area contributed by atoms with Crippen LogP contribution in [0.1, 0.15) is 43.6 Å². The number of unbranched alkanes of at least 4 members (excludes halogenated alkanes) is 1. The Balaban J connectivity index is 4.11. The quantitative estimate of drug-likeness (QED) is 0.647. The van der Waals surface area contributed by atoms with Gasteiger partial charge in [0.2, 0.25) is 0 Å². The predicted molar refractivity (Wildman–Crippen MR) is 40.9 cm³/mol. The lowest BCUT2D eigenvalue weighted by atomic mass is 10.0. The van der Waals surface area contributed by atoms with Gasteiger partial charge in [-0.2, -0.15) is 0 Å². The molecule has 0 aliphatic rings. The molecule has 0 aliphatic heterocycles. The highest BCUT2D eigenvalue weighted by atomic mass is 16.4. The highest BCUT2D eigenvalue weighted by molar-refractivity contribution is 5.66. The van der Waals surface area contributed by atoms with Crippen LogP contribution in [0.15, 0.2) is 0 Å². The van der Waals surface area contributed by atoms with Crippen LogP contribution in [0.2, 0.25) is 0 Å². The third kappa shape index (κ3) is 5.60. The Kier molecular flexibility index (Phi) is 2.72. The molecule has 2 nitrogen and oxygen atoms in total. The summed E-state index contributed by atoms with van der Waals surface area (Å²) in [6, 6.07) is 0. The molecule has 0 saturated heterocycles. The Morgan fingerprint density at radius 3 is 2.90 bits per heavy atom. The van der Waals surface area contributed by atoms with E-state index in [0.717, 1.165) is 12.8 Å². The number of carboxylic acids is 1. The molecule has 1 N–H and O–H groups in total. The first-order valence-corrected chi connectivity index (χ1v) is 3.59. The monoisotopic (exact) mass is 147 g/mol. The normalized spacial score (nSPS) is 18.7. The van der Waals surface area contributed by atoms with Crippen LogP contribution in [-0.4, -0.2) is 11.1 Å². The SMILES string of the molecule is [2H]C([2H])([2H])[C@H](CCCC)CC(=O)O. The van der Waals surface area contributed by atoms with Crippen molar-refractivity contribution in [3.05, 3.63) is 0 Å². The number of hydrogen-bond acceptors (Lipinski definition) is 1. The zero-order valence-corrected chi connectivity index (χ0v) is 6.26. The molecule has 0 aromatic heterocycles. The minimum absolute atomic E-state index is 0.253. The molecule has 0 rings (SSSR count). The second-order valence-electron chi connectivity index (χ2n) is 2.44. The summed E-state index contributed by atoms with van der Waals surface area (Å²) in [5.74, 6) is -1.72. The molecule has 0 radical (unpaired) electrons. The Bertz CT molecular complexity index is 165. The maximum atomic E-state index is 10.4. The molecule has 0 aliphatic carbocycles. The molecular weight excluding hydrogens is 128 g/mol. The van der Waals surface area contributed by atoms with Crippen molar-refractivity contribution in [2.45, 2.75) is 39.5 Å². The van der Waals surface area contributed by atoms with Gasteiger partial charge in [-0.05, 0) is 5.92 Å². The van der Waals surface area contributed by atoms with E-state index in [1.54, 1.807) is 0 Å². The largest absolute Gasteiger partial charge is 0.481 e. The van der Waals surface area contributed by atoms with Crippen LogP contribution in [-0.2, 0) is 4.79 Å². The Labute approximate surface area is 66.5 Å². The van der Waals surface area contributed by atoms with Crippen LogP contribution in [0, 0.1) is 5.92 Å². The topological polar surface area (TPSA) is 37.3 Å². The van der Waals surface area contributed by atoms with E-state index >= 15 is 0 Å². The Morgan fingerprint density at radius 1 is 1.80 bits per heavy atom. The average molecular weight is 147 g/mol. The fourth-order valence-corrected chi connectivity index (χ4v) is 0.763. The van der Waals surface area contributed by atoms with Gasteiger partial charge in [-0.25, -0.2) is 0 Å². The van der Waals surface area contributed by atoms with Crippen LogP contribution < -0.4 is 0 Å². The van der Waals surface area contributed by atoms with Crippen molar-refractivity contribution in [2.24, 2.45) is 5.92 Å². The summed E-state index contributed by atoms with van der Waals surface area (Å²) in [4.78, 5) is 10.4. The smallest absolute Gasteiger partial charge is 0.303 e. The van der Waals surface area contributed by atoms with Crippen LogP contribution in [0.25, 0.3) is 0 Å². The van der Waals surface area contributed by atoms with Gasteiger partial charge >= 0.3 is 5.97 Å². The summed E-state index contributed by atoms with van der Waals surface area (Å²) in [5.41, 5.74) is 0. The van der Waals surface area contributed by atoms with Gasteiger partial charge in [0.25, 0.3) is 0 Å². The fourth-order valence-electron chi connectivity index (χ4n) is 0.763. The number of carboxylic acid groups (broad SMARTS) is 1. The molecule has 2 heteroatoms. The van der Waals surface area contributed by atoms with Gasteiger partial charge < -0.3 is 5.11 Å². The summed E-state index contributed by atoms with van der Waals surface area (Å²) in [5, 5.41) is 8.50. The van der Waals surface area contributed by atoms with Gasteiger partial charge in [0.1, 0.15) is 0 Å². The van der Waals surface area contributed by atoms with Crippen molar-refractivity contribution in [1.29, 1.82) is 0 Å². The molecule has 0 bridgehead atoms. The van der Waals surface area contributed by atoms with Gasteiger partial charge in [-0.3, -0.25) is 4.79 Å². The lowest BCUT2D eigenvalue weighted by Gasteiger charge is -2.05. The standard InChI is InChI=1S/C8H16O2/c1-3-4-5-7(2)6-8(9)10/h7H,3-6H2,1-2H3,(H,9,10)/t7-/m1/s1/i2D3. The summed E-state index contributed by atoms with van der Waals surface area (Å²) in [6.45, 7) is -0.176. The van der Waals surface area contributed by atoms with Gasteiger partial charge in [0.15, 0.2) is 0 Å². The summed E-state index contributed by atoms with van der Waals surface area (Å²) >= 11 is 0.